The van der Waals surface area contributed by atoms with E-state index in [2.05, 4.69) is 36.3 Å². The maximum absolute atomic E-state index is 13.3. The molecular weight excluding hydrogens is 348 g/mol. The van der Waals surface area contributed by atoms with Gasteiger partial charge in [-0.15, -0.1) is 0 Å². The number of Topliss-reactive ketones (excluding diaryl/α,β-unsaturated/α-hetero) is 1. The summed E-state index contributed by atoms with van der Waals surface area (Å²) in [6.45, 7) is 4.32. The molecule has 1 aliphatic carbocycles. The average molecular weight is 370 g/mol. The number of hydrogen-bond donors (Lipinski definition) is 2. The molecule has 0 amide bonds. The Morgan fingerprint density at radius 2 is 1.86 bits per heavy atom. The van der Waals surface area contributed by atoms with Gasteiger partial charge in [-0.05, 0) is 53.3 Å². The Balaban J connectivity index is 1.79. The normalized spacial score (nSPS) is 20.5. The maximum atomic E-state index is 13.3. The lowest BCUT2D eigenvalue weighted by molar-refractivity contribution is -0.118. The summed E-state index contributed by atoms with van der Waals surface area (Å²) >= 11 is 0. The highest BCUT2D eigenvalue weighted by Gasteiger charge is 2.40. The van der Waals surface area contributed by atoms with Gasteiger partial charge in [0.25, 0.3) is 0 Å². The van der Waals surface area contributed by atoms with Crippen LogP contribution in [-0.4, -0.2) is 15.9 Å². The van der Waals surface area contributed by atoms with E-state index in [9.17, 15) is 9.90 Å². The summed E-state index contributed by atoms with van der Waals surface area (Å²) in [5.74, 6) is 0.422. The average Bonchev–Trinajstić information content (AvgIpc) is 2.66. The lowest BCUT2D eigenvalue weighted by atomic mass is 9.68. The van der Waals surface area contributed by atoms with Crippen molar-refractivity contribution in [2.45, 2.75) is 32.7 Å². The van der Waals surface area contributed by atoms with Crippen LogP contribution in [0.5, 0.6) is 5.75 Å². The molecule has 1 atom stereocenters. The first-order chi connectivity index (χ1) is 13.4. The van der Waals surface area contributed by atoms with Crippen LogP contribution in [0.25, 0.3) is 16.5 Å². The molecule has 0 fully saturated rings. The number of pyridine rings is 1. The van der Waals surface area contributed by atoms with Crippen LogP contribution in [0.1, 0.15) is 43.9 Å². The van der Waals surface area contributed by atoms with Crippen molar-refractivity contribution in [1.29, 1.82) is 0 Å². The summed E-state index contributed by atoms with van der Waals surface area (Å²) in [6, 6.07) is 15.0. The van der Waals surface area contributed by atoms with Crippen molar-refractivity contribution >= 4 is 27.9 Å². The van der Waals surface area contributed by atoms with Gasteiger partial charge in [0.15, 0.2) is 5.78 Å². The summed E-state index contributed by atoms with van der Waals surface area (Å²) in [5.41, 5.74) is 5.97. The van der Waals surface area contributed by atoms with Crippen LogP contribution in [0, 0.1) is 5.41 Å². The number of nitrogens with one attached hydrogen (secondary N) is 1. The number of rotatable bonds is 1. The van der Waals surface area contributed by atoms with Gasteiger partial charge in [0.2, 0.25) is 0 Å². The number of fused-ring (bicyclic) bond motifs is 4. The summed E-state index contributed by atoms with van der Waals surface area (Å²) in [7, 11) is 0. The fourth-order valence-electron chi connectivity index (χ4n) is 4.63. The molecule has 1 aromatic heterocycles. The van der Waals surface area contributed by atoms with Gasteiger partial charge in [0.1, 0.15) is 5.75 Å². The molecule has 140 valence electrons. The zero-order valence-corrected chi connectivity index (χ0v) is 16.0. The topological polar surface area (TPSA) is 62.2 Å². The van der Waals surface area contributed by atoms with E-state index in [1.54, 1.807) is 18.3 Å². The molecule has 0 bridgehead atoms. The lowest BCUT2D eigenvalue weighted by Gasteiger charge is -2.40. The highest BCUT2D eigenvalue weighted by molar-refractivity contribution is 6.12. The molecule has 2 heterocycles. The summed E-state index contributed by atoms with van der Waals surface area (Å²) in [5, 5.41) is 14.4. The van der Waals surface area contributed by atoms with Crippen LogP contribution in [0.3, 0.4) is 0 Å². The molecular formula is C24H22N2O2. The molecule has 3 aromatic rings. The molecule has 4 nitrogen and oxygen atoms in total. The molecule has 1 aliphatic heterocycles. The number of phenolic OH excluding ortho intramolecular Hbond substituents is 1. The molecule has 28 heavy (non-hydrogen) atoms. The number of aromatic nitrogens is 1. The number of carbonyl (C=O) groups is 1. The van der Waals surface area contributed by atoms with Gasteiger partial charge < -0.3 is 10.4 Å². The van der Waals surface area contributed by atoms with Crippen molar-refractivity contribution in [2.24, 2.45) is 5.41 Å². The lowest BCUT2D eigenvalue weighted by Crippen LogP contribution is -2.33. The second kappa shape index (κ2) is 5.93. The van der Waals surface area contributed by atoms with E-state index in [4.69, 9.17) is 0 Å². The van der Waals surface area contributed by atoms with Crippen molar-refractivity contribution in [3.8, 4) is 5.75 Å². The zero-order valence-electron chi connectivity index (χ0n) is 16.0. The minimum Gasteiger partial charge on any atom is -0.508 e. The van der Waals surface area contributed by atoms with Gasteiger partial charge in [0.05, 0.1) is 11.6 Å². The third-order valence-corrected chi connectivity index (χ3v) is 5.82. The van der Waals surface area contributed by atoms with Gasteiger partial charge in [-0.25, -0.2) is 0 Å². The summed E-state index contributed by atoms with van der Waals surface area (Å²) in [4.78, 5) is 17.8. The molecule has 4 heteroatoms. The number of aromatic hydroxyl groups is 1. The van der Waals surface area contributed by atoms with Crippen LogP contribution in [0.2, 0.25) is 0 Å². The molecule has 0 spiro atoms. The second-order valence-corrected chi connectivity index (χ2v) is 8.56. The molecule has 0 unspecified atom stereocenters. The molecule has 0 radical (unpaired) electrons. The predicted molar refractivity (Wildman–Crippen MR) is 111 cm³/mol. The Hall–Kier alpha value is -3.14. The molecule has 2 N–H and O–H groups in total. The molecule has 0 saturated carbocycles. The standard InChI is InChI=1S/C24H22N2O2/c1-24(2)12-17-21-16-4-3-11-25-18(16)9-10-19(21)26-23(22(17)20(28)13-24)14-5-7-15(27)8-6-14/h3-11,23,26-27H,12-13H2,1-2H3/t23-/m0/s1. The van der Waals surface area contributed by atoms with Crippen LogP contribution < -0.4 is 5.32 Å². The third-order valence-electron chi connectivity index (χ3n) is 5.82. The van der Waals surface area contributed by atoms with Gasteiger partial charge in [-0.1, -0.05) is 32.0 Å². The monoisotopic (exact) mass is 370 g/mol. The summed E-state index contributed by atoms with van der Waals surface area (Å²) < 4.78 is 0. The Morgan fingerprint density at radius 3 is 2.64 bits per heavy atom. The molecule has 2 aromatic carbocycles. The van der Waals surface area contributed by atoms with Gasteiger partial charge in [-0.2, -0.15) is 0 Å². The second-order valence-electron chi connectivity index (χ2n) is 8.56. The number of nitrogens with zero attached hydrogens (tertiary/aromatic N) is 1. The van der Waals surface area contributed by atoms with Gasteiger partial charge in [-0.3, -0.25) is 9.78 Å². The number of allylic oxidation sites excluding steroid dienone is 1. The summed E-state index contributed by atoms with van der Waals surface area (Å²) in [6.07, 6.45) is 3.20. The number of ketones is 1. The zero-order chi connectivity index (χ0) is 19.5. The van der Waals surface area contributed by atoms with E-state index < -0.39 is 0 Å². The smallest absolute Gasteiger partial charge is 0.162 e. The number of carbonyl (C=O) groups excluding carboxylic acids is 1. The van der Waals surface area contributed by atoms with Crippen molar-refractivity contribution in [2.75, 3.05) is 5.32 Å². The molecule has 0 saturated heterocycles. The van der Waals surface area contributed by atoms with Crippen molar-refractivity contribution < 1.29 is 9.90 Å². The van der Waals surface area contributed by atoms with Crippen LogP contribution >= 0.6 is 0 Å². The van der Waals surface area contributed by atoms with Crippen LogP contribution in [-0.2, 0) is 4.79 Å². The minimum atomic E-state index is -0.208. The number of phenols is 1. The molecule has 2 aliphatic rings. The first-order valence-electron chi connectivity index (χ1n) is 9.63. The van der Waals surface area contributed by atoms with E-state index in [0.717, 1.165) is 45.3 Å². The quantitative estimate of drug-likeness (QED) is 0.614. The maximum Gasteiger partial charge on any atom is 0.162 e. The van der Waals surface area contributed by atoms with Crippen molar-refractivity contribution in [1.82, 2.24) is 4.98 Å². The van der Waals surface area contributed by atoms with E-state index >= 15 is 0 Å². The SMILES string of the molecule is CC1(C)CC(=O)C2=C(C1)c1c(ccc3ncccc13)N[C@H]2c1ccc(O)cc1. The third kappa shape index (κ3) is 2.60. The minimum absolute atomic E-state index is 0.0750. The van der Waals surface area contributed by atoms with Crippen molar-refractivity contribution in [3.05, 3.63) is 71.4 Å². The highest BCUT2D eigenvalue weighted by atomic mass is 16.3. The first kappa shape index (κ1) is 17.0. The Kier molecular flexibility index (Phi) is 3.60. The largest absolute Gasteiger partial charge is 0.508 e. The van der Waals surface area contributed by atoms with Crippen molar-refractivity contribution in [3.63, 3.8) is 0 Å². The molecule has 5 rings (SSSR count). The Labute approximate surface area is 163 Å². The van der Waals surface area contributed by atoms with E-state index in [1.165, 1.54) is 0 Å². The Morgan fingerprint density at radius 1 is 1.07 bits per heavy atom. The fraction of sp³-hybridized carbons (Fsp3) is 0.250. The number of hydrogen-bond acceptors (Lipinski definition) is 4. The van der Waals surface area contributed by atoms with E-state index in [1.807, 2.05) is 24.3 Å². The van der Waals surface area contributed by atoms with Crippen LogP contribution in [0.4, 0.5) is 5.69 Å². The van der Waals surface area contributed by atoms with Crippen LogP contribution in [0.15, 0.2) is 60.3 Å². The van der Waals surface area contributed by atoms with E-state index in [-0.39, 0.29) is 23.0 Å². The Bertz CT molecular complexity index is 1140. The van der Waals surface area contributed by atoms with E-state index in [0.29, 0.717) is 6.42 Å². The number of benzene rings is 2. The first-order valence-corrected chi connectivity index (χ1v) is 9.63. The number of anilines is 1. The fourth-order valence-corrected chi connectivity index (χ4v) is 4.63. The highest BCUT2D eigenvalue weighted by Crippen LogP contribution is 2.51. The predicted octanol–water partition coefficient (Wildman–Crippen LogP) is 5.25. The van der Waals surface area contributed by atoms with Gasteiger partial charge >= 0.3 is 0 Å². The van der Waals surface area contributed by atoms with Gasteiger partial charge in [0, 0.05) is 34.8 Å².